The van der Waals surface area contributed by atoms with Gasteiger partial charge in [-0.25, -0.2) is 8.42 Å². The van der Waals surface area contributed by atoms with Crippen molar-refractivity contribution in [3.05, 3.63) is 24.5 Å². The first kappa shape index (κ1) is 8.68. The number of pyridine rings is 1. The molecule has 0 amide bonds. The Morgan fingerprint density at radius 2 is 2.33 bits per heavy atom. The minimum absolute atomic E-state index is 0.0894. The highest BCUT2D eigenvalue weighted by atomic mass is 32.2. The second-order valence-electron chi connectivity index (χ2n) is 2.11. The molecule has 0 unspecified atom stereocenters. The molecule has 12 heavy (non-hydrogen) atoms. The van der Waals surface area contributed by atoms with E-state index in [0.717, 1.165) is 0 Å². The molecule has 0 N–H and O–H groups in total. The zero-order valence-electron chi connectivity index (χ0n) is 6.14. The van der Waals surface area contributed by atoms with Gasteiger partial charge >= 0.3 is 0 Å². The third-order valence-electron chi connectivity index (χ3n) is 1.25. The number of aromatic nitrogens is 1. The van der Waals surface area contributed by atoms with Gasteiger partial charge in [0.05, 0.1) is 11.0 Å². The molecule has 0 spiro atoms. The van der Waals surface area contributed by atoms with E-state index in [1.807, 2.05) is 0 Å². The molecule has 0 radical (unpaired) electrons. The molecule has 0 aromatic carbocycles. The lowest BCUT2D eigenvalue weighted by atomic mass is 10.5. The molecular formula is C7H6N2O2S. The Kier molecular flexibility index (Phi) is 2.41. The van der Waals surface area contributed by atoms with Gasteiger partial charge < -0.3 is 0 Å². The zero-order valence-corrected chi connectivity index (χ0v) is 6.95. The van der Waals surface area contributed by atoms with Crippen molar-refractivity contribution in [3.63, 3.8) is 0 Å². The standard InChI is InChI=1S/C7H6N2O2S/c8-3-5-12(10,11)7-2-1-4-9-6-7/h1-2,4,6H,5H2. The van der Waals surface area contributed by atoms with Crippen molar-refractivity contribution < 1.29 is 8.42 Å². The molecule has 0 aliphatic rings. The van der Waals surface area contributed by atoms with Gasteiger partial charge in [-0.1, -0.05) is 0 Å². The quantitative estimate of drug-likeness (QED) is 0.662. The third kappa shape index (κ3) is 1.80. The van der Waals surface area contributed by atoms with Gasteiger partial charge in [0.1, 0.15) is 5.75 Å². The molecule has 5 heteroatoms. The highest BCUT2D eigenvalue weighted by molar-refractivity contribution is 7.91. The van der Waals surface area contributed by atoms with Crippen LogP contribution in [0.15, 0.2) is 29.4 Å². The normalized spacial score (nSPS) is 10.6. The van der Waals surface area contributed by atoms with Crippen molar-refractivity contribution in [2.75, 3.05) is 5.75 Å². The fourth-order valence-electron chi connectivity index (χ4n) is 0.699. The van der Waals surface area contributed by atoms with E-state index in [1.165, 1.54) is 24.5 Å². The van der Waals surface area contributed by atoms with Gasteiger partial charge in [0.15, 0.2) is 9.84 Å². The van der Waals surface area contributed by atoms with Gasteiger partial charge in [-0.05, 0) is 12.1 Å². The first-order valence-corrected chi connectivity index (χ1v) is 4.82. The fraction of sp³-hybridized carbons (Fsp3) is 0.143. The number of nitriles is 1. The summed E-state index contributed by atoms with van der Waals surface area (Å²) in [6.07, 6.45) is 2.71. The van der Waals surface area contributed by atoms with Gasteiger partial charge in [0.2, 0.25) is 0 Å². The molecule has 0 fully saturated rings. The van der Waals surface area contributed by atoms with Crippen LogP contribution in [0.5, 0.6) is 0 Å². The Morgan fingerprint density at radius 3 is 2.83 bits per heavy atom. The molecule has 62 valence electrons. The van der Waals surface area contributed by atoms with Gasteiger partial charge in [-0.15, -0.1) is 0 Å². The van der Waals surface area contributed by atoms with Crippen LogP contribution in [-0.2, 0) is 9.84 Å². The fourth-order valence-corrected chi connectivity index (χ4v) is 1.54. The molecular weight excluding hydrogens is 176 g/mol. The van der Waals surface area contributed by atoms with Crippen LogP contribution in [0.25, 0.3) is 0 Å². The monoisotopic (exact) mass is 182 g/mol. The molecule has 0 aliphatic heterocycles. The molecule has 1 aromatic heterocycles. The second kappa shape index (κ2) is 3.32. The van der Waals surface area contributed by atoms with Crippen molar-refractivity contribution >= 4 is 9.84 Å². The van der Waals surface area contributed by atoms with E-state index in [-0.39, 0.29) is 4.90 Å². The zero-order chi connectivity index (χ0) is 9.03. The van der Waals surface area contributed by atoms with Crippen LogP contribution in [-0.4, -0.2) is 19.2 Å². The minimum atomic E-state index is -3.43. The predicted molar refractivity (Wildman–Crippen MR) is 41.9 cm³/mol. The smallest absolute Gasteiger partial charge is 0.193 e. The lowest BCUT2D eigenvalue weighted by Gasteiger charge is -1.96. The van der Waals surface area contributed by atoms with E-state index in [2.05, 4.69) is 4.98 Å². The van der Waals surface area contributed by atoms with Crippen LogP contribution >= 0.6 is 0 Å². The Labute approximate surface area is 70.4 Å². The molecule has 0 aliphatic carbocycles. The summed E-state index contributed by atoms with van der Waals surface area (Å²) in [6.45, 7) is 0. The Morgan fingerprint density at radius 1 is 1.58 bits per heavy atom. The summed E-state index contributed by atoms with van der Waals surface area (Å²) in [5.41, 5.74) is 0. The van der Waals surface area contributed by atoms with E-state index in [1.54, 1.807) is 6.07 Å². The van der Waals surface area contributed by atoms with Crippen molar-refractivity contribution in [1.29, 1.82) is 5.26 Å². The first-order chi connectivity index (χ1) is 5.67. The van der Waals surface area contributed by atoms with Crippen molar-refractivity contribution in [1.82, 2.24) is 4.98 Å². The van der Waals surface area contributed by atoms with E-state index in [0.29, 0.717) is 0 Å². The van der Waals surface area contributed by atoms with Gasteiger partial charge in [0, 0.05) is 12.4 Å². The van der Waals surface area contributed by atoms with Crippen LogP contribution in [0.3, 0.4) is 0 Å². The third-order valence-corrected chi connectivity index (χ3v) is 2.72. The van der Waals surface area contributed by atoms with Crippen LogP contribution < -0.4 is 0 Å². The summed E-state index contributed by atoms with van der Waals surface area (Å²) >= 11 is 0. The van der Waals surface area contributed by atoms with E-state index >= 15 is 0 Å². The molecule has 0 saturated carbocycles. The van der Waals surface area contributed by atoms with E-state index in [9.17, 15) is 8.42 Å². The predicted octanol–water partition coefficient (Wildman–Crippen LogP) is 0.379. The van der Waals surface area contributed by atoms with E-state index in [4.69, 9.17) is 5.26 Å². The number of hydrogen-bond acceptors (Lipinski definition) is 4. The number of rotatable bonds is 2. The summed E-state index contributed by atoms with van der Waals surface area (Å²) < 4.78 is 22.3. The lowest BCUT2D eigenvalue weighted by molar-refractivity contribution is 0.599. The molecule has 0 atom stereocenters. The van der Waals surface area contributed by atoms with E-state index < -0.39 is 15.6 Å². The van der Waals surface area contributed by atoms with Crippen LogP contribution in [0.2, 0.25) is 0 Å². The van der Waals surface area contributed by atoms with Gasteiger partial charge in [-0.3, -0.25) is 4.98 Å². The molecule has 1 aromatic rings. The molecule has 1 heterocycles. The number of hydrogen-bond donors (Lipinski definition) is 0. The Hall–Kier alpha value is -1.41. The summed E-state index contributed by atoms with van der Waals surface area (Å²) in [5, 5.41) is 8.21. The second-order valence-corrected chi connectivity index (χ2v) is 4.10. The molecule has 0 bridgehead atoms. The summed E-state index contributed by atoms with van der Waals surface area (Å²) in [6, 6.07) is 4.53. The Bertz CT molecular complexity index is 391. The van der Waals surface area contributed by atoms with Crippen LogP contribution in [0.4, 0.5) is 0 Å². The SMILES string of the molecule is N#CCS(=O)(=O)c1cccnc1. The summed E-state index contributed by atoms with van der Waals surface area (Å²) in [7, 11) is -3.43. The highest BCUT2D eigenvalue weighted by Crippen LogP contribution is 2.07. The average Bonchev–Trinajstić information content (AvgIpc) is 2.06. The molecule has 0 saturated heterocycles. The summed E-state index contributed by atoms with van der Waals surface area (Å²) in [5.74, 6) is -0.501. The summed E-state index contributed by atoms with van der Waals surface area (Å²) in [4.78, 5) is 3.73. The van der Waals surface area contributed by atoms with Gasteiger partial charge in [-0.2, -0.15) is 5.26 Å². The maximum absolute atomic E-state index is 11.2. The largest absolute Gasteiger partial charge is 0.263 e. The van der Waals surface area contributed by atoms with Crippen LogP contribution in [0.1, 0.15) is 0 Å². The van der Waals surface area contributed by atoms with Gasteiger partial charge in [0.25, 0.3) is 0 Å². The topological polar surface area (TPSA) is 70.8 Å². The average molecular weight is 182 g/mol. The highest BCUT2D eigenvalue weighted by Gasteiger charge is 2.12. The Balaban J connectivity index is 3.09. The van der Waals surface area contributed by atoms with Crippen molar-refractivity contribution in [2.45, 2.75) is 4.90 Å². The maximum atomic E-state index is 11.2. The first-order valence-electron chi connectivity index (χ1n) is 3.16. The van der Waals surface area contributed by atoms with Crippen molar-refractivity contribution in [2.24, 2.45) is 0 Å². The maximum Gasteiger partial charge on any atom is 0.193 e. The number of sulfone groups is 1. The molecule has 1 rings (SSSR count). The lowest BCUT2D eigenvalue weighted by Crippen LogP contribution is -2.04. The van der Waals surface area contributed by atoms with Crippen LogP contribution in [0, 0.1) is 11.3 Å². The number of nitrogens with zero attached hydrogens (tertiary/aromatic N) is 2. The molecule has 4 nitrogen and oxygen atoms in total. The van der Waals surface area contributed by atoms with Crippen molar-refractivity contribution in [3.8, 4) is 6.07 Å². The minimum Gasteiger partial charge on any atom is -0.263 e.